The van der Waals surface area contributed by atoms with Crippen LogP contribution in [0, 0.1) is 5.41 Å². The van der Waals surface area contributed by atoms with Crippen LogP contribution in [0.1, 0.15) is 6.92 Å². The largest absolute Gasteiger partial charge is 0.382 e. The molecule has 0 bridgehead atoms. The number of halogens is 1. The first-order valence-electron chi connectivity index (χ1n) is 4.69. The summed E-state index contributed by atoms with van der Waals surface area (Å²) in [6.45, 7) is 1.65. The molecule has 88 valence electrons. The van der Waals surface area contributed by atoms with Gasteiger partial charge in [0.05, 0.1) is 12.9 Å². The number of alkyl halides is 1. The first kappa shape index (κ1) is 12.4. The van der Waals surface area contributed by atoms with Crippen LogP contribution in [-0.4, -0.2) is 51.3 Å². The van der Waals surface area contributed by atoms with Gasteiger partial charge in [0.15, 0.2) is 11.9 Å². The second-order valence-electron chi connectivity index (χ2n) is 3.63. The summed E-state index contributed by atoms with van der Waals surface area (Å²) < 4.78 is 29.6. The number of rotatable bonds is 5. The van der Waals surface area contributed by atoms with Crippen molar-refractivity contribution in [3.8, 4) is 0 Å². The van der Waals surface area contributed by atoms with Crippen molar-refractivity contribution in [3.63, 3.8) is 0 Å². The molecule has 0 radical (unpaired) electrons. The molecule has 1 saturated heterocycles. The number of hydrogen-bond acceptors (Lipinski definition) is 4. The highest BCUT2D eigenvalue weighted by Crippen LogP contribution is 2.34. The van der Waals surface area contributed by atoms with Crippen molar-refractivity contribution in [2.45, 2.75) is 31.0 Å². The molecular formula is C9H17FN2O3. The van der Waals surface area contributed by atoms with Crippen molar-refractivity contribution in [2.24, 2.45) is 0 Å². The molecule has 1 aliphatic heterocycles. The Bertz CT molecular complexity index is 225. The molecule has 0 aromatic heterocycles. The molecule has 0 unspecified atom stereocenters. The molecule has 6 heteroatoms. The van der Waals surface area contributed by atoms with Gasteiger partial charge in [-0.05, 0) is 6.92 Å². The van der Waals surface area contributed by atoms with E-state index in [0.29, 0.717) is 0 Å². The summed E-state index contributed by atoms with van der Waals surface area (Å²) in [6.07, 6.45) is -1.13. The van der Waals surface area contributed by atoms with Crippen molar-refractivity contribution in [3.05, 3.63) is 0 Å². The van der Waals surface area contributed by atoms with Crippen LogP contribution in [0.4, 0.5) is 4.39 Å². The Morgan fingerprint density at radius 1 is 1.60 bits per heavy atom. The van der Waals surface area contributed by atoms with E-state index in [4.69, 9.17) is 19.6 Å². The van der Waals surface area contributed by atoms with Crippen LogP contribution >= 0.6 is 0 Å². The molecule has 2 N–H and O–H groups in total. The average molecular weight is 220 g/mol. The van der Waals surface area contributed by atoms with Crippen LogP contribution in [0.15, 0.2) is 0 Å². The summed E-state index contributed by atoms with van der Waals surface area (Å²) in [6, 6.07) is 0. The van der Waals surface area contributed by atoms with E-state index < -0.39 is 24.1 Å². The molecule has 0 saturated carbocycles. The van der Waals surface area contributed by atoms with E-state index in [-0.39, 0.29) is 6.61 Å². The molecule has 1 fully saturated rings. The Labute approximate surface area is 88.4 Å². The predicted octanol–water partition coefficient (Wildman–Crippen LogP) is 0.298. The van der Waals surface area contributed by atoms with Crippen LogP contribution in [-0.2, 0) is 14.2 Å². The Morgan fingerprint density at radius 2 is 2.27 bits per heavy atom. The molecule has 15 heavy (non-hydrogen) atoms. The summed E-state index contributed by atoms with van der Waals surface area (Å²) in [5.74, 6) is 0. The zero-order valence-corrected chi connectivity index (χ0v) is 9.12. The summed E-state index contributed by atoms with van der Waals surface area (Å²) in [5, 5.41) is 9.38. The average Bonchev–Trinajstić information content (AvgIpc) is 2.39. The lowest BCUT2D eigenvalue weighted by Gasteiger charge is -2.25. The first-order valence-corrected chi connectivity index (χ1v) is 4.69. The highest BCUT2D eigenvalue weighted by Gasteiger charge is 2.54. The maximum Gasteiger partial charge on any atom is 0.181 e. The van der Waals surface area contributed by atoms with Crippen molar-refractivity contribution in [1.29, 1.82) is 5.41 Å². The quantitative estimate of drug-likeness (QED) is 0.516. The fourth-order valence-electron chi connectivity index (χ4n) is 1.84. The molecule has 1 aliphatic rings. The lowest BCUT2D eigenvalue weighted by molar-refractivity contribution is -0.0478. The van der Waals surface area contributed by atoms with Gasteiger partial charge in [0.25, 0.3) is 0 Å². The van der Waals surface area contributed by atoms with E-state index in [9.17, 15) is 4.39 Å². The van der Waals surface area contributed by atoms with Gasteiger partial charge in [-0.2, -0.15) is 0 Å². The van der Waals surface area contributed by atoms with Gasteiger partial charge in [-0.15, -0.1) is 0 Å². The van der Waals surface area contributed by atoms with Crippen molar-refractivity contribution in [1.82, 2.24) is 5.32 Å². The van der Waals surface area contributed by atoms with E-state index in [1.165, 1.54) is 21.1 Å². The summed E-state index contributed by atoms with van der Waals surface area (Å²) >= 11 is 0. The Balaban J connectivity index is 2.76. The third-order valence-corrected chi connectivity index (χ3v) is 2.54. The lowest BCUT2D eigenvalue weighted by Crippen LogP contribution is -2.48. The van der Waals surface area contributed by atoms with Crippen LogP contribution in [0.2, 0.25) is 0 Å². The molecule has 0 spiro atoms. The zero-order valence-electron chi connectivity index (χ0n) is 9.12. The minimum absolute atomic E-state index is 0.258. The topological polar surface area (TPSA) is 63.6 Å². The molecule has 1 heterocycles. The maximum absolute atomic E-state index is 14.2. The maximum atomic E-state index is 14.2. The first-order chi connectivity index (χ1) is 7.07. The van der Waals surface area contributed by atoms with Crippen molar-refractivity contribution in [2.75, 3.05) is 20.8 Å². The second-order valence-corrected chi connectivity index (χ2v) is 3.63. The number of nitrogens with one attached hydrogen (secondary N) is 2. The monoisotopic (exact) mass is 220 g/mol. The highest BCUT2D eigenvalue weighted by molar-refractivity contribution is 5.50. The van der Waals surface area contributed by atoms with Gasteiger partial charge in [0.1, 0.15) is 12.2 Å². The highest BCUT2D eigenvalue weighted by atomic mass is 19.1. The molecule has 0 amide bonds. The lowest BCUT2D eigenvalue weighted by atomic mass is 9.98. The molecule has 1 rings (SSSR count). The Morgan fingerprint density at radius 3 is 2.73 bits per heavy atom. The minimum atomic E-state index is -1.69. The standard InChI is InChI=1S/C9H17FN2O3/c1-9(10)7(14-3)6(4-13-2)15-8(9)12-5-11/h5-8H,4H2,1-3H3,(H2,11,12)/t6-,7-,8-,9-/m1/s1. The van der Waals surface area contributed by atoms with E-state index >= 15 is 0 Å². The summed E-state index contributed by atoms with van der Waals surface area (Å²) in [4.78, 5) is 0. The van der Waals surface area contributed by atoms with Gasteiger partial charge in [-0.25, -0.2) is 4.39 Å². The molecule has 0 aliphatic carbocycles. The van der Waals surface area contributed by atoms with Gasteiger partial charge < -0.3 is 19.5 Å². The predicted molar refractivity (Wildman–Crippen MR) is 52.8 cm³/mol. The zero-order chi connectivity index (χ0) is 11.5. The summed E-state index contributed by atoms with van der Waals surface area (Å²) in [7, 11) is 2.95. The smallest absolute Gasteiger partial charge is 0.181 e. The third kappa shape index (κ3) is 2.27. The van der Waals surface area contributed by atoms with E-state index in [0.717, 1.165) is 6.34 Å². The fourth-order valence-corrected chi connectivity index (χ4v) is 1.84. The SMILES string of the molecule is COC[C@H]1O[C@@H](NC=N)[C@](C)(F)[C@@H]1OC. The molecular weight excluding hydrogens is 203 g/mol. The minimum Gasteiger partial charge on any atom is -0.382 e. The number of ether oxygens (including phenoxy) is 3. The van der Waals surface area contributed by atoms with Gasteiger partial charge >= 0.3 is 0 Å². The van der Waals surface area contributed by atoms with E-state index in [1.54, 1.807) is 0 Å². The normalized spacial score (nSPS) is 40.4. The van der Waals surface area contributed by atoms with Gasteiger partial charge in [-0.1, -0.05) is 0 Å². The Kier molecular flexibility index (Phi) is 4.01. The van der Waals surface area contributed by atoms with Crippen molar-refractivity contribution < 1.29 is 18.6 Å². The van der Waals surface area contributed by atoms with Crippen LogP contribution in [0.25, 0.3) is 0 Å². The van der Waals surface area contributed by atoms with Gasteiger partial charge in [-0.3, -0.25) is 5.41 Å². The van der Waals surface area contributed by atoms with Crippen LogP contribution in [0.5, 0.6) is 0 Å². The fraction of sp³-hybridized carbons (Fsp3) is 0.889. The summed E-state index contributed by atoms with van der Waals surface area (Å²) in [5.41, 5.74) is -1.69. The number of methoxy groups -OCH3 is 2. The van der Waals surface area contributed by atoms with Crippen LogP contribution < -0.4 is 5.32 Å². The van der Waals surface area contributed by atoms with Gasteiger partial charge in [0, 0.05) is 14.2 Å². The molecule has 5 nitrogen and oxygen atoms in total. The Hall–Kier alpha value is -0.720. The third-order valence-electron chi connectivity index (χ3n) is 2.54. The molecule has 0 aromatic carbocycles. The van der Waals surface area contributed by atoms with E-state index in [2.05, 4.69) is 5.32 Å². The molecule has 4 atom stereocenters. The van der Waals surface area contributed by atoms with Crippen molar-refractivity contribution >= 4 is 6.34 Å². The van der Waals surface area contributed by atoms with E-state index in [1.807, 2.05) is 0 Å². The van der Waals surface area contributed by atoms with Gasteiger partial charge in [0.2, 0.25) is 0 Å². The number of hydrogen-bond donors (Lipinski definition) is 2. The molecule has 0 aromatic rings. The second kappa shape index (κ2) is 4.87. The van der Waals surface area contributed by atoms with Crippen LogP contribution in [0.3, 0.4) is 0 Å².